The number of carbonyl (C=O) groups is 1. The van der Waals surface area contributed by atoms with Crippen LogP contribution in [0.3, 0.4) is 0 Å². The molecular formula is C24H31N3O2. The third-order valence-electron chi connectivity index (χ3n) is 5.36. The van der Waals surface area contributed by atoms with E-state index < -0.39 is 5.54 Å². The third kappa shape index (κ3) is 5.84. The maximum Gasteiger partial charge on any atom is 0.318 e. The summed E-state index contributed by atoms with van der Waals surface area (Å²) in [6.07, 6.45) is 4.34. The lowest BCUT2D eigenvalue weighted by Gasteiger charge is -2.37. The van der Waals surface area contributed by atoms with Crippen molar-refractivity contribution in [2.75, 3.05) is 39.8 Å². The van der Waals surface area contributed by atoms with Gasteiger partial charge in [0.2, 0.25) is 0 Å². The Labute approximate surface area is 174 Å². The second kappa shape index (κ2) is 9.61. The number of nitrogens with zero attached hydrogens (tertiary/aromatic N) is 2. The van der Waals surface area contributed by atoms with Crippen LogP contribution in [0.2, 0.25) is 0 Å². The monoisotopic (exact) mass is 393 g/mol. The molecule has 29 heavy (non-hydrogen) atoms. The number of urea groups is 1. The second-order valence-electron chi connectivity index (χ2n) is 7.88. The van der Waals surface area contributed by atoms with E-state index in [1.54, 1.807) is 7.11 Å². The average Bonchev–Trinajstić information content (AvgIpc) is 2.75. The third-order valence-corrected chi connectivity index (χ3v) is 5.36. The number of methoxy groups -OCH3 is 1. The topological polar surface area (TPSA) is 44.8 Å². The van der Waals surface area contributed by atoms with Gasteiger partial charge in [0.25, 0.3) is 0 Å². The summed E-state index contributed by atoms with van der Waals surface area (Å²) in [6.45, 7) is 8.20. The maximum absolute atomic E-state index is 12.8. The SMILES string of the molecule is COc1ccc(C(C)(C)NC(=O)N2CCN(C/C=C/c3ccccc3)CC2)cc1. The van der Waals surface area contributed by atoms with Crippen molar-refractivity contribution in [2.45, 2.75) is 19.4 Å². The van der Waals surface area contributed by atoms with Gasteiger partial charge in [-0.25, -0.2) is 4.79 Å². The van der Waals surface area contributed by atoms with E-state index in [1.807, 2.05) is 61.2 Å². The molecule has 1 fully saturated rings. The van der Waals surface area contributed by atoms with Crippen molar-refractivity contribution < 1.29 is 9.53 Å². The highest BCUT2D eigenvalue weighted by molar-refractivity contribution is 5.75. The van der Waals surface area contributed by atoms with Crippen LogP contribution in [-0.2, 0) is 5.54 Å². The summed E-state index contributed by atoms with van der Waals surface area (Å²) in [5.41, 5.74) is 1.82. The molecule has 0 radical (unpaired) electrons. The van der Waals surface area contributed by atoms with Gasteiger partial charge >= 0.3 is 6.03 Å². The van der Waals surface area contributed by atoms with Crippen molar-refractivity contribution in [3.05, 3.63) is 71.8 Å². The van der Waals surface area contributed by atoms with Crippen molar-refractivity contribution >= 4 is 12.1 Å². The van der Waals surface area contributed by atoms with Crippen LogP contribution in [0.1, 0.15) is 25.0 Å². The zero-order valence-electron chi connectivity index (χ0n) is 17.6. The van der Waals surface area contributed by atoms with Gasteiger partial charge in [0, 0.05) is 32.7 Å². The van der Waals surface area contributed by atoms with Crippen molar-refractivity contribution in [2.24, 2.45) is 0 Å². The molecule has 1 N–H and O–H groups in total. The number of rotatable bonds is 6. The highest BCUT2D eigenvalue weighted by atomic mass is 16.5. The van der Waals surface area contributed by atoms with E-state index in [0.717, 1.165) is 44.0 Å². The Balaban J connectivity index is 1.47. The lowest BCUT2D eigenvalue weighted by molar-refractivity contribution is 0.140. The Morgan fingerprint density at radius 1 is 1.03 bits per heavy atom. The first-order valence-corrected chi connectivity index (χ1v) is 10.1. The molecule has 1 aliphatic heterocycles. The number of nitrogens with one attached hydrogen (secondary N) is 1. The molecule has 3 rings (SSSR count). The van der Waals surface area contributed by atoms with Crippen LogP contribution in [-0.4, -0.2) is 55.7 Å². The Hall–Kier alpha value is -2.79. The highest BCUT2D eigenvalue weighted by Gasteiger charge is 2.27. The molecule has 0 bridgehead atoms. The standard InChI is InChI=1S/C24H31N3O2/c1-24(2,21-11-13-22(29-3)14-12-21)25-23(28)27-18-16-26(17-19-27)15-7-10-20-8-5-4-6-9-20/h4-14H,15-19H2,1-3H3,(H,25,28)/b10-7+. The maximum atomic E-state index is 12.8. The molecule has 5 nitrogen and oxygen atoms in total. The Morgan fingerprint density at radius 2 is 1.69 bits per heavy atom. The van der Waals surface area contributed by atoms with Crippen LogP contribution in [0.15, 0.2) is 60.7 Å². The van der Waals surface area contributed by atoms with E-state index in [2.05, 4.69) is 34.5 Å². The van der Waals surface area contributed by atoms with E-state index in [9.17, 15) is 4.79 Å². The van der Waals surface area contributed by atoms with Crippen LogP contribution >= 0.6 is 0 Å². The van der Waals surface area contributed by atoms with Crippen LogP contribution < -0.4 is 10.1 Å². The largest absolute Gasteiger partial charge is 0.497 e. The zero-order chi connectivity index (χ0) is 20.7. The van der Waals surface area contributed by atoms with Gasteiger partial charge in [-0.3, -0.25) is 4.90 Å². The van der Waals surface area contributed by atoms with E-state index in [0.29, 0.717) is 0 Å². The summed E-state index contributed by atoms with van der Waals surface area (Å²) in [6, 6.07) is 18.1. The lowest BCUT2D eigenvalue weighted by atomic mass is 9.94. The number of benzene rings is 2. The molecule has 2 aromatic rings. The Kier molecular flexibility index (Phi) is 6.94. The number of amides is 2. The summed E-state index contributed by atoms with van der Waals surface area (Å²) >= 11 is 0. The fourth-order valence-electron chi connectivity index (χ4n) is 3.46. The summed E-state index contributed by atoms with van der Waals surface area (Å²) < 4.78 is 5.22. The van der Waals surface area contributed by atoms with Crippen molar-refractivity contribution in [3.63, 3.8) is 0 Å². The van der Waals surface area contributed by atoms with Crippen LogP contribution in [0.25, 0.3) is 6.08 Å². The molecule has 1 saturated heterocycles. The van der Waals surface area contributed by atoms with Crippen molar-refractivity contribution in [1.82, 2.24) is 15.1 Å². The fourth-order valence-corrected chi connectivity index (χ4v) is 3.46. The van der Waals surface area contributed by atoms with Crippen LogP contribution in [0.5, 0.6) is 5.75 Å². The first kappa shape index (κ1) is 20.9. The summed E-state index contributed by atoms with van der Waals surface area (Å²) in [5.74, 6) is 0.813. The highest BCUT2D eigenvalue weighted by Crippen LogP contribution is 2.23. The Morgan fingerprint density at radius 3 is 2.31 bits per heavy atom. The van der Waals surface area contributed by atoms with Gasteiger partial charge in [-0.1, -0.05) is 54.6 Å². The number of hydrogen-bond donors (Lipinski definition) is 1. The van der Waals surface area contributed by atoms with E-state index in [4.69, 9.17) is 4.74 Å². The molecule has 0 spiro atoms. The molecule has 5 heteroatoms. The number of ether oxygens (including phenoxy) is 1. The predicted octanol–water partition coefficient (Wildman–Crippen LogP) is 3.97. The second-order valence-corrected chi connectivity index (χ2v) is 7.88. The zero-order valence-corrected chi connectivity index (χ0v) is 17.6. The average molecular weight is 394 g/mol. The molecule has 154 valence electrons. The minimum atomic E-state index is -0.446. The van der Waals surface area contributed by atoms with Gasteiger partial charge in [0.1, 0.15) is 5.75 Å². The molecule has 2 aromatic carbocycles. The summed E-state index contributed by atoms with van der Waals surface area (Å²) in [5, 5.41) is 3.17. The van der Waals surface area contributed by atoms with Crippen molar-refractivity contribution in [1.29, 1.82) is 0 Å². The first-order valence-electron chi connectivity index (χ1n) is 10.1. The minimum absolute atomic E-state index is 0.00899. The van der Waals surface area contributed by atoms with Gasteiger partial charge < -0.3 is 15.0 Å². The van der Waals surface area contributed by atoms with Crippen LogP contribution in [0.4, 0.5) is 4.79 Å². The Bertz CT molecular complexity index is 808. The van der Waals surface area contributed by atoms with Gasteiger partial charge in [-0.2, -0.15) is 0 Å². The van der Waals surface area contributed by atoms with Gasteiger partial charge in [0.15, 0.2) is 0 Å². The molecule has 0 aliphatic carbocycles. The van der Waals surface area contributed by atoms with E-state index in [1.165, 1.54) is 5.56 Å². The molecule has 0 unspecified atom stereocenters. The van der Waals surface area contributed by atoms with Crippen molar-refractivity contribution in [3.8, 4) is 5.75 Å². The molecule has 1 heterocycles. The van der Waals surface area contributed by atoms with E-state index >= 15 is 0 Å². The molecule has 0 aromatic heterocycles. The van der Waals surface area contributed by atoms with E-state index in [-0.39, 0.29) is 6.03 Å². The minimum Gasteiger partial charge on any atom is -0.497 e. The number of piperazine rings is 1. The molecule has 1 aliphatic rings. The molecule has 2 amide bonds. The van der Waals surface area contributed by atoms with Gasteiger partial charge in [0.05, 0.1) is 12.6 Å². The summed E-state index contributed by atoms with van der Waals surface area (Å²) in [4.78, 5) is 17.1. The van der Waals surface area contributed by atoms with Gasteiger partial charge in [-0.05, 0) is 37.1 Å². The lowest BCUT2D eigenvalue weighted by Crippen LogP contribution is -2.54. The normalized spacial score (nSPS) is 15.5. The molecule has 0 atom stereocenters. The van der Waals surface area contributed by atoms with Gasteiger partial charge in [-0.15, -0.1) is 0 Å². The predicted molar refractivity (Wildman–Crippen MR) is 118 cm³/mol. The first-order chi connectivity index (χ1) is 14.0. The molecule has 0 saturated carbocycles. The molecular weight excluding hydrogens is 362 g/mol. The smallest absolute Gasteiger partial charge is 0.318 e. The number of hydrogen-bond acceptors (Lipinski definition) is 3. The van der Waals surface area contributed by atoms with Crippen LogP contribution in [0, 0.1) is 0 Å². The fraction of sp³-hybridized carbons (Fsp3) is 0.375. The quantitative estimate of drug-likeness (QED) is 0.808. The number of carbonyl (C=O) groups excluding carboxylic acids is 1. The summed E-state index contributed by atoms with van der Waals surface area (Å²) in [7, 11) is 1.65.